The fourth-order valence-electron chi connectivity index (χ4n) is 2.85. The van der Waals surface area contributed by atoms with E-state index in [9.17, 15) is 45.4 Å². The third-order valence-corrected chi connectivity index (χ3v) is 6.32. The summed E-state index contributed by atoms with van der Waals surface area (Å²) in [5.41, 5.74) is -0.826. The number of azo groups is 1. The topological polar surface area (TPSA) is 217 Å². The van der Waals surface area contributed by atoms with Crippen molar-refractivity contribution in [3.05, 3.63) is 77.4 Å². The van der Waals surface area contributed by atoms with Crippen LogP contribution in [0.1, 0.15) is 31.1 Å². The van der Waals surface area contributed by atoms with Gasteiger partial charge in [0, 0.05) is 11.1 Å². The Labute approximate surface area is 203 Å². The molecule has 0 aromatic heterocycles. The third kappa shape index (κ3) is 6.22. The molecule has 0 atom stereocenters. The van der Waals surface area contributed by atoms with Crippen LogP contribution in [0.15, 0.2) is 80.7 Å². The average molecular weight is 533 g/mol. The lowest BCUT2D eigenvalue weighted by atomic mass is 10.1. The predicted octanol–water partition coefficient (Wildman–Crippen LogP) is 3.36. The molecule has 186 valence electrons. The van der Waals surface area contributed by atoms with E-state index in [1.807, 2.05) is 0 Å². The van der Waals surface area contributed by atoms with Crippen LogP contribution in [-0.4, -0.2) is 49.2 Å². The highest BCUT2D eigenvalue weighted by molar-refractivity contribution is 7.86. The van der Waals surface area contributed by atoms with Crippen LogP contribution in [0, 0.1) is 0 Å². The zero-order valence-electron chi connectivity index (χ0n) is 17.8. The molecule has 15 heteroatoms. The van der Waals surface area contributed by atoms with Crippen molar-refractivity contribution in [2.24, 2.45) is 10.2 Å². The largest absolute Gasteiger partial charge is 0.478 e. The van der Waals surface area contributed by atoms with Gasteiger partial charge < -0.3 is 10.4 Å². The maximum absolute atomic E-state index is 12.4. The Morgan fingerprint density at radius 2 is 1.50 bits per heavy atom. The molecule has 1 amide bonds. The molecule has 3 aromatic rings. The molecule has 0 bridgehead atoms. The molecule has 0 saturated carbocycles. The molecule has 0 aliphatic heterocycles. The van der Waals surface area contributed by atoms with Crippen LogP contribution >= 0.6 is 0 Å². The number of nitrogens with zero attached hydrogens (tertiary/aromatic N) is 2. The fourth-order valence-corrected chi connectivity index (χ4v) is 3.96. The van der Waals surface area contributed by atoms with Gasteiger partial charge >= 0.3 is 5.97 Å². The van der Waals surface area contributed by atoms with E-state index in [1.165, 1.54) is 36.4 Å². The second kappa shape index (κ2) is 10.1. The van der Waals surface area contributed by atoms with Crippen molar-refractivity contribution in [1.29, 1.82) is 0 Å². The first-order valence-electron chi connectivity index (χ1n) is 9.54. The van der Waals surface area contributed by atoms with Crippen LogP contribution in [0.4, 0.5) is 17.1 Å². The molecule has 3 aromatic carbocycles. The number of carboxylic acid groups (broad SMARTS) is 1. The van der Waals surface area contributed by atoms with Crippen LogP contribution in [0.3, 0.4) is 0 Å². The maximum Gasteiger partial charge on any atom is 0.337 e. The second-order valence-corrected chi connectivity index (χ2v) is 9.82. The van der Waals surface area contributed by atoms with E-state index >= 15 is 0 Å². The van der Waals surface area contributed by atoms with E-state index in [0.29, 0.717) is 24.0 Å². The van der Waals surface area contributed by atoms with E-state index < -0.39 is 53.2 Å². The Bertz CT molecular complexity index is 1610. The summed E-state index contributed by atoms with van der Waals surface area (Å²) in [7, 11) is -9.61. The Kier molecular flexibility index (Phi) is 7.40. The predicted molar refractivity (Wildman–Crippen MR) is 123 cm³/mol. The summed E-state index contributed by atoms with van der Waals surface area (Å²) < 4.78 is 64.4. The van der Waals surface area contributed by atoms with E-state index in [-0.39, 0.29) is 16.9 Å². The molecular formula is C21H15N3O10S2. The SMILES string of the molecule is O=Cc1ccc(C(=O)Nc2ccc(/N=N/c3cc(S(=O)(=O)O)ccc3S(=O)(=O)O)cc2C(=O)O)cc1. The van der Waals surface area contributed by atoms with Crippen LogP contribution in [0.2, 0.25) is 0 Å². The Hall–Kier alpha value is -4.31. The molecule has 0 aliphatic rings. The van der Waals surface area contributed by atoms with Gasteiger partial charge in [0.15, 0.2) is 0 Å². The monoisotopic (exact) mass is 533 g/mol. The fraction of sp³-hybridized carbons (Fsp3) is 0. The number of amides is 1. The van der Waals surface area contributed by atoms with Crippen LogP contribution in [0.5, 0.6) is 0 Å². The minimum atomic E-state index is -4.86. The van der Waals surface area contributed by atoms with E-state index in [4.69, 9.17) is 0 Å². The molecule has 36 heavy (non-hydrogen) atoms. The number of rotatable bonds is 8. The van der Waals surface area contributed by atoms with E-state index in [2.05, 4.69) is 15.5 Å². The van der Waals surface area contributed by atoms with E-state index in [0.717, 1.165) is 12.1 Å². The highest BCUT2D eigenvalue weighted by atomic mass is 32.2. The molecule has 0 unspecified atom stereocenters. The highest BCUT2D eigenvalue weighted by Gasteiger charge is 2.20. The summed E-state index contributed by atoms with van der Waals surface area (Å²) in [5, 5.41) is 19.2. The molecule has 0 spiro atoms. The van der Waals surface area contributed by atoms with Gasteiger partial charge in [-0.15, -0.1) is 5.11 Å². The zero-order chi connectivity index (χ0) is 26.7. The van der Waals surface area contributed by atoms with E-state index in [1.54, 1.807) is 0 Å². The lowest BCUT2D eigenvalue weighted by molar-refractivity contribution is 0.0697. The van der Waals surface area contributed by atoms with Crippen molar-refractivity contribution in [2.75, 3.05) is 5.32 Å². The summed E-state index contributed by atoms with van der Waals surface area (Å²) in [4.78, 5) is 33.4. The van der Waals surface area contributed by atoms with Crippen LogP contribution in [0.25, 0.3) is 0 Å². The lowest BCUT2D eigenvalue weighted by Gasteiger charge is -2.09. The van der Waals surface area contributed by atoms with Crippen molar-refractivity contribution >= 4 is 55.5 Å². The van der Waals surface area contributed by atoms with Gasteiger partial charge in [-0.2, -0.15) is 21.9 Å². The van der Waals surface area contributed by atoms with Crippen molar-refractivity contribution < 1.29 is 45.4 Å². The number of hydrogen-bond acceptors (Lipinski definition) is 9. The number of aldehydes is 1. The molecule has 0 fully saturated rings. The van der Waals surface area contributed by atoms with Gasteiger partial charge in [0.05, 0.1) is 21.8 Å². The molecule has 0 aliphatic carbocycles. The summed E-state index contributed by atoms with van der Waals surface area (Å²) in [5.74, 6) is -2.12. The summed E-state index contributed by atoms with van der Waals surface area (Å²) in [6, 6.07) is 11.0. The normalized spacial score (nSPS) is 11.8. The van der Waals surface area contributed by atoms with Crippen LogP contribution < -0.4 is 5.32 Å². The minimum Gasteiger partial charge on any atom is -0.478 e. The molecule has 0 heterocycles. The van der Waals surface area contributed by atoms with Gasteiger partial charge in [-0.25, -0.2) is 4.79 Å². The molecule has 4 N–H and O–H groups in total. The van der Waals surface area contributed by atoms with Gasteiger partial charge in [-0.3, -0.25) is 18.7 Å². The van der Waals surface area contributed by atoms with Gasteiger partial charge in [-0.05, 0) is 48.5 Å². The number of carbonyl (C=O) groups is 3. The number of benzene rings is 3. The van der Waals surface area contributed by atoms with Crippen molar-refractivity contribution in [2.45, 2.75) is 9.79 Å². The molecule has 0 radical (unpaired) electrons. The molecule has 0 saturated heterocycles. The molecule has 13 nitrogen and oxygen atoms in total. The van der Waals surface area contributed by atoms with Crippen molar-refractivity contribution in [3.8, 4) is 0 Å². The first-order chi connectivity index (χ1) is 16.8. The van der Waals surface area contributed by atoms with Crippen LogP contribution in [-0.2, 0) is 20.2 Å². The number of hydrogen-bond donors (Lipinski definition) is 4. The number of aromatic carboxylic acids is 1. The summed E-state index contributed by atoms with van der Waals surface area (Å²) >= 11 is 0. The van der Waals surface area contributed by atoms with Gasteiger partial charge in [0.1, 0.15) is 16.9 Å². The number of anilines is 1. The average Bonchev–Trinajstić information content (AvgIpc) is 2.81. The Morgan fingerprint density at radius 3 is 2.06 bits per heavy atom. The Morgan fingerprint density at radius 1 is 0.833 bits per heavy atom. The molecule has 3 rings (SSSR count). The van der Waals surface area contributed by atoms with Gasteiger partial charge in [-0.1, -0.05) is 12.1 Å². The zero-order valence-corrected chi connectivity index (χ0v) is 19.4. The lowest BCUT2D eigenvalue weighted by Crippen LogP contribution is -2.14. The first kappa shape index (κ1) is 26.3. The summed E-state index contributed by atoms with van der Waals surface area (Å²) in [6.45, 7) is 0. The standard InChI is InChI=1S/C21H15N3O10S2/c25-11-12-1-3-13(4-2-12)20(26)22-17-7-5-14(9-16(17)21(27)28)23-24-18-10-15(35(29,30)31)6-8-19(18)36(32,33)34/h1-11H,(H,22,26)(H,27,28)(H,29,30,31)(H,32,33,34)/b24-23+. The van der Waals surface area contributed by atoms with Gasteiger partial charge in [0.25, 0.3) is 26.1 Å². The third-order valence-electron chi connectivity index (χ3n) is 4.57. The first-order valence-corrected chi connectivity index (χ1v) is 12.4. The maximum atomic E-state index is 12.4. The minimum absolute atomic E-state index is 0.113. The van der Waals surface area contributed by atoms with Gasteiger partial charge in [0.2, 0.25) is 0 Å². The smallest absolute Gasteiger partial charge is 0.337 e. The number of carboxylic acids is 1. The molecular weight excluding hydrogens is 518 g/mol. The summed E-state index contributed by atoms with van der Waals surface area (Å²) in [6.07, 6.45) is 0.593. The second-order valence-electron chi connectivity index (χ2n) is 7.01. The highest BCUT2D eigenvalue weighted by Crippen LogP contribution is 2.30. The number of nitrogens with one attached hydrogen (secondary N) is 1. The van der Waals surface area contributed by atoms with Crippen molar-refractivity contribution in [3.63, 3.8) is 0 Å². The quantitative estimate of drug-likeness (QED) is 0.188. The Balaban J connectivity index is 1.96. The van der Waals surface area contributed by atoms with Crippen molar-refractivity contribution in [1.82, 2.24) is 0 Å². The number of carbonyl (C=O) groups excluding carboxylic acids is 2.